The maximum Gasteiger partial charge on any atom is 0.134 e. The fourth-order valence-corrected chi connectivity index (χ4v) is 1.84. The standard InChI is InChI=1S/C8H13NO3/c10-2-1-9-7-3-11-5-8(9)6-12-4-7/h2,7-8H,1,3-6H2. The summed E-state index contributed by atoms with van der Waals surface area (Å²) in [5.74, 6) is 0. The molecule has 0 aromatic heterocycles. The van der Waals surface area contributed by atoms with Crippen molar-refractivity contribution >= 4 is 6.29 Å². The van der Waals surface area contributed by atoms with Crippen LogP contribution in [0.3, 0.4) is 0 Å². The maximum atomic E-state index is 10.4. The lowest BCUT2D eigenvalue weighted by Crippen LogP contribution is -2.59. The highest BCUT2D eigenvalue weighted by molar-refractivity contribution is 5.52. The number of aldehydes is 1. The molecule has 0 atom stereocenters. The molecule has 0 aromatic rings. The summed E-state index contributed by atoms with van der Waals surface area (Å²) in [6, 6.07) is 0.588. The van der Waals surface area contributed by atoms with Gasteiger partial charge in [-0.2, -0.15) is 0 Å². The molecule has 2 rings (SSSR count). The van der Waals surface area contributed by atoms with Crippen molar-refractivity contribution < 1.29 is 14.3 Å². The van der Waals surface area contributed by atoms with Crippen molar-refractivity contribution in [2.45, 2.75) is 12.1 Å². The zero-order valence-electron chi connectivity index (χ0n) is 6.94. The van der Waals surface area contributed by atoms with E-state index in [1.807, 2.05) is 0 Å². The van der Waals surface area contributed by atoms with Crippen LogP contribution in [0.1, 0.15) is 0 Å². The quantitative estimate of drug-likeness (QED) is 0.514. The van der Waals surface area contributed by atoms with Gasteiger partial charge >= 0.3 is 0 Å². The van der Waals surface area contributed by atoms with Crippen molar-refractivity contribution in [2.75, 3.05) is 33.0 Å². The van der Waals surface area contributed by atoms with Crippen LogP contribution in [0, 0.1) is 0 Å². The molecular formula is C8H13NO3. The minimum atomic E-state index is 0.294. The summed E-state index contributed by atoms with van der Waals surface area (Å²) in [5.41, 5.74) is 0. The average molecular weight is 171 g/mol. The molecular weight excluding hydrogens is 158 g/mol. The first kappa shape index (κ1) is 8.16. The van der Waals surface area contributed by atoms with Gasteiger partial charge in [0, 0.05) is 0 Å². The Balaban J connectivity index is 2.03. The van der Waals surface area contributed by atoms with Gasteiger partial charge < -0.3 is 14.3 Å². The first-order valence-electron chi connectivity index (χ1n) is 4.26. The van der Waals surface area contributed by atoms with E-state index in [0.29, 0.717) is 45.1 Å². The molecule has 0 amide bonds. The number of carbonyl (C=O) groups is 1. The van der Waals surface area contributed by atoms with Crippen molar-refractivity contribution in [2.24, 2.45) is 0 Å². The topological polar surface area (TPSA) is 38.8 Å². The van der Waals surface area contributed by atoms with Gasteiger partial charge in [0.15, 0.2) is 0 Å². The lowest BCUT2D eigenvalue weighted by Gasteiger charge is -2.44. The molecule has 2 fully saturated rings. The molecule has 0 saturated carbocycles. The van der Waals surface area contributed by atoms with Gasteiger partial charge in [-0.1, -0.05) is 0 Å². The van der Waals surface area contributed by atoms with Crippen molar-refractivity contribution in [1.82, 2.24) is 4.90 Å². The Morgan fingerprint density at radius 2 is 1.67 bits per heavy atom. The van der Waals surface area contributed by atoms with Gasteiger partial charge in [-0.3, -0.25) is 4.90 Å². The van der Waals surface area contributed by atoms with Gasteiger partial charge in [-0.25, -0.2) is 0 Å². The van der Waals surface area contributed by atoms with Crippen LogP contribution in [0.25, 0.3) is 0 Å². The predicted octanol–water partition coefficient (Wildman–Crippen LogP) is -0.715. The summed E-state index contributed by atoms with van der Waals surface area (Å²) in [6.45, 7) is 3.31. The van der Waals surface area contributed by atoms with Gasteiger partial charge in [-0.05, 0) is 0 Å². The summed E-state index contributed by atoms with van der Waals surface area (Å²) >= 11 is 0. The number of hydrogen-bond acceptors (Lipinski definition) is 4. The molecule has 2 bridgehead atoms. The van der Waals surface area contributed by atoms with Crippen LogP contribution in [0.4, 0.5) is 0 Å². The maximum absolute atomic E-state index is 10.4. The summed E-state index contributed by atoms with van der Waals surface area (Å²) in [7, 11) is 0. The van der Waals surface area contributed by atoms with Crippen LogP contribution < -0.4 is 0 Å². The molecule has 2 saturated heterocycles. The van der Waals surface area contributed by atoms with Crippen LogP contribution in [0.5, 0.6) is 0 Å². The van der Waals surface area contributed by atoms with E-state index < -0.39 is 0 Å². The van der Waals surface area contributed by atoms with E-state index in [1.54, 1.807) is 0 Å². The molecule has 2 aliphatic heterocycles. The number of carbonyl (C=O) groups excluding carboxylic acids is 1. The molecule has 0 N–H and O–H groups in total. The molecule has 0 aliphatic carbocycles. The lowest BCUT2D eigenvalue weighted by molar-refractivity contribution is -0.142. The highest BCUT2D eigenvalue weighted by atomic mass is 16.5. The largest absolute Gasteiger partial charge is 0.378 e. The Labute approximate surface area is 71.4 Å². The van der Waals surface area contributed by atoms with Gasteiger partial charge in [0.25, 0.3) is 0 Å². The summed E-state index contributed by atoms with van der Waals surface area (Å²) in [6.07, 6.45) is 0.955. The van der Waals surface area contributed by atoms with E-state index >= 15 is 0 Å². The molecule has 0 radical (unpaired) electrons. The van der Waals surface area contributed by atoms with Crippen molar-refractivity contribution in [3.8, 4) is 0 Å². The van der Waals surface area contributed by atoms with E-state index in [0.717, 1.165) is 6.29 Å². The molecule has 68 valence electrons. The number of morpholine rings is 2. The predicted molar refractivity (Wildman–Crippen MR) is 42.0 cm³/mol. The van der Waals surface area contributed by atoms with Crippen LogP contribution in [-0.4, -0.2) is 56.2 Å². The SMILES string of the molecule is O=CCN1C2COCC1COC2. The zero-order valence-corrected chi connectivity index (χ0v) is 6.94. The van der Waals surface area contributed by atoms with Crippen LogP contribution >= 0.6 is 0 Å². The second kappa shape index (κ2) is 3.51. The molecule has 0 spiro atoms. The van der Waals surface area contributed by atoms with Crippen LogP contribution in [0.2, 0.25) is 0 Å². The number of hydrogen-bond donors (Lipinski definition) is 0. The Bertz CT molecular complexity index is 152. The minimum absolute atomic E-state index is 0.294. The molecule has 12 heavy (non-hydrogen) atoms. The fraction of sp³-hybridized carbons (Fsp3) is 0.875. The van der Waals surface area contributed by atoms with Gasteiger partial charge in [0.05, 0.1) is 45.1 Å². The monoisotopic (exact) mass is 171 g/mol. The van der Waals surface area contributed by atoms with E-state index in [4.69, 9.17) is 9.47 Å². The molecule has 4 heteroatoms. The Kier molecular flexibility index (Phi) is 2.39. The molecule has 2 heterocycles. The second-order valence-corrected chi connectivity index (χ2v) is 3.25. The molecule has 0 unspecified atom stereocenters. The third kappa shape index (κ3) is 1.37. The highest BCUT2D eigenvalue weighted by Gasteiger charge is 2.34. The van der Waals surface area contributed by atoms with E-state index in [1.165, 1.54) is 0 Å². The van der Waals surface area contributed by atoms with E-state index in [2.05, 4.69) is 4.90 Å². The van der Waals surface area contributed by atoms with Crippen molar-refractivity contribution in [3.63, 3.8) is 0 Å². The van der Waals surface area contributed by atoms with Crippen molar-refractivity contribution in [3.05, 3.63) is 0 Å². The van der Waals surface area contributed by atoms with Gasteiger partial charge in [0.1, 0.15) is 6.29 Å². The van der Waals surface area contributed by atoms with E-state index in [-0.39, 0.29) is 0 Å². The summed E-state index contributed by atoms with van der Waals surface area (Å²) in [4.78, 5) is 12.6. The number of rotatable bonds is 2. The zero-order chi connectivity index (χ0) is 8.39. The van der Waals surface area contributed by atoms with Crippen LogP contribution in [0.15, 0.2) is 0 Å². The fourth-order valence-electron chi connectivity index (χ4n) is 1.84. The Morgan fingerprint density at radius 1 is 1.17 bits per heavy atom. The number of fused-ring (bicyclic) bond motifs is 2. The Morgan fingerprint density at radius 3 is 2.08 bits per heavy atom. The normalized spacial score (nSPS) is 36.3. The first-order chi connectivity index (χ1) is 5.92. The number of ether oxygens (including phenoxy) is 2. The summed E-state index contributed by atoms with van der Waals surface area (Å²) in [5, 5.41) is 0. The molecule has 0 aromatic carbocycles. The minimum Gasteiger partial charge on any atom is -0.378 e. The smallest absolute Gasteiger partial charge is 0.134 e. The lowest BCUT2D eigenvalue weighted by atomic mass is 10.1. The second-order valence-electron chi connectivity index (χ2n) is 3.25. The highest BCUT2D eigenvalue weighted by Crippen LogP contribution is 2.17. The van der Waals surface area contributed by atoms with Crippen LogP contribution in [-0.2, 0) is 14.3 Å². The molecule has 4 nitrogen and oxygen atoms in total. The molecule has 2 aliphatic rings. The summed E-state index contributed by atoms with van der Waals surface area (Å²) < 4.78 is 10.8. The first-order valence-corrected chi connectivity index (χ1v) is 4.26. The average Bonchev–Trinajstić information content (AvgIpc) is 2.04. The van der Waals surface area contributed by atoms with Gasteiger partial charge in [-0.15, -0.1) is 0 Å². The number of nitrogens with zero attached hydrogens (tertiary/aromatic N) is 1. The Hall–Kier alpha value is -0.450. The third-order valence-electron chi connectivity index (χ3n) is 2.46. The van der Waals surface area contributed by atoms with Gasteiger partial charge in [0.2, 0.25) is 0 Å². The van der Waals surface area contributed by atoms with E-state index in [9.17, 15) is 4.79 Å². The third-order valence-corrected chi connectivity index (χ3v) is 2.46. The van der Waals surface area contributed by atoms with Crippen molar-refractivity contribution in [1.29, 1.82) is 0 Å².